The number of nitrogens with zero attached hydrogens (tertiary/aromatic N) is 2. The second kappa shape index (κ2) is 11.2. The van der Waals surface area contributed by atoms with E-state index in [9.17, 15) is 4.79 Å². The molecule has 5 heteroatoms. The normalized spacial score (nSPS) is 16.0. The van der Waals surface area contributed by atoms with E-state index in [0.29, 0.717) is 30.2 Å². The first-order valence-corrected chi connectivity index (χ1v) is 15.4. The summed E-state index contributed by atoms with van der Waals surface area (Å²) in [4.78, 5) is 18.2. The van der Waals surface area contributed by atoms with Crippen molar-refractivity contribution >= 4 is 17.3 Å². The number of para-hydroxylation sites is 1. The summed E-state index contributed by atoms with van der Waals surface area (Å²) in [6, 6.07) is 39.2. The third-order valence-corrected chi connectivity index (χ3v) is 8.88. The second-order valence-corrected chi connectivity index (χ2v) is 11.5. The predicted molar refractivity (Wildman–Crippen MR) is 176 cm³/mol. The van der Waals surface area contributed by atoms with Crippen molar-refractivity contribution in [1.82, 2.24) is 0 Å². The van der Waals surface area contributed by atoms with Crippen LogP contribution in [-0.2, 0) is 23.4 Å². The predicted octanol–water partition coefficient (Wildman–Crippen LogP) is 8.62. The van der Waals surface area contributed by atoms with Gasteiger partial charge in [-0.05, 0) is 68.3 Å². The highest BCUT2D eigenvalue weighted by Crippen LogP contribution is 2.56. The molecule has 5 aromatic carbocycles. The SMILES string of the molecule is CCN(CC)c1ccc(C)cc1CN(Cc1ccccc1)c1ccc2c(c1)C1(OC(=O)c3ccccc31)c1ccccc1O2. The van der Waals surface area contributed by atoms with Gasteiger partial charge >= 0.3 is 5.97 Å². The minimum atomic E-state index is -1.10. The number of hydrogen-bond donors (Lipinski definition) is 0. The smallest absolute Gasteiger partial charge is 0.340 e. The number of esters is 1. The number of carbonyl (C=O) groups is 1. The Kier molecular flexibility index (Phi) is 7.09. The fourth-order valence-corrected chi connectivity index (χ4v) is 6.77. The maximum atomic E-state index is 13.4. The van der Waals surface area contributed by atoms with Gasteiger partial charge < -0.3 is 19.3 Å². The van der Waals surface area contributed by atoms with E-state index in [1.165, 1.54) is 22.4 Å². The number of fused-ring (bicyclic) bond motifs is 6. The zero-order chi connectivity index (χ0) is 30.3. The number of anilines is 2. The molecule has 0 amide bonds. The summed E-state index contributed by atoms with van der Waals surface area (Å²) in [5, 5.41) is 0. The lowest BCUT2D eigenvalue weighted by Gasteiger charge is -2.37. The lowest BCUT2D eigenvalue weighted by molar-refractivity contribution is 0.0224. The van der Waals surface area contributed by atoms with Gasteiger partial charge in [-0.15, -0.1) is 0 Å². The van der Waals surface area contributed by atoms with Gasteiger partial charge in [0.15, 0.2) is 5.60 Å². The Morgan fingerprint density at radius 1 is 0.659 bits per heavy atom. The number of rotatable bonds is 8. The molecule has 2 aliphatic rings. The van der Waals surface area contributed by atoms with Crippen LogP contribution in [0.2, 0.25) is 0 Å². The molecule has 2 aliphatic heterocycles. The molecule has 2 heterocycles. The summed E-state index contributed by atoms with van der Waals surface area (Å²) in [7, 11) is 0. The molecule has 220 valence electrons. The molecular formula is C39H36N2O3. The first kappa shape index (κ1) is 27.8. The van der Waals surface area contributed by atoms with Crippen LogP contribution in [0.3, 0.4) is 0 Å². The van der Waals surface area contributed by atoms with Crippen LogP contribution in [0.1, 0.15) is 57.6 Å². The third kappa shape index (κ3) is 4.60. The van der Waals surface area contributed by atoms with Gasteiger partial charge in [0.1, 0.15) is 11.5 Å². The van der Waals surface area contributed by atoms with Gasteiger partial charge in [-0.25, -0.2) is 4.79 Å². The maximum Gasteiger partial charge on any atom is 0.340 e. The highest BCUT2D eigenvalue weighted by molar-refractivity contribution is 5.97. The molecule has 44 heavy (non-hydrogen) atoms. The van der Waals surface area contributed by atoms with Gasteiger partial charge in [0.2, 0.25) is 0 Å². The summed E-state index contributed by atoms with van der Waals surface area (Å²) >= 11 is 0. The molecule has 1 atom stereocenters. The van der Waals surface area contributed by atoms with Crippen molar-refractivity contribution in [3.63, 3.8) is 0 Å². The van der Waals surface area contributed by atoms with Crippen molar-refractivity contribution in [2.75, 3.05) is 22.9 Å². The van der Waals surface area contributed by atoms with Gasteiger partial charge in [0.05, 0.1) is 5.56 Å². The maximum absolute atomic E-state index is 13.4. The van der Waals surface area contributed by atoms with Crippen LogP contribution in [-0.4, -0.2) is 19.1 Å². The number of carbonyl (C=O) groups excluding carboxylic acids is 1. The monoisotopic (exact) mass is 580 g/mol. The quantitative estimate of drug-likeness (QED) is 0.172. The average molecular weight is 581 g/mol. The molecule has 0 aliphatic carbocycles. The van der Waals surface area contributed by atoms with Crippen molar-refractivity contribution in [3.05, 3.63) is 154 Å². The molecule has 1 spiro atoms. The van der Waals surface area contributed by atoms with Crippen LogP contribution >= 0.6 is 0 Å². The first-order valence-electron chi connectivity index (χ1n) is 15.4. The summed E-state index contributed by atoms with van der Waals surface area (Å²) < 4.78 is 12.9. The van der Waals surface area contributed by atoms with Crippen molar-refractivity contribution < 1.29 is 14.3 Å². The Hall–Kier alpha value is -5.03. The zero-order valence-corrected chi connectivity index (χ0v) is 25.4. The Bertz CT molecular complexity index is 1850. The van der Waals surface area contributed by atoms with Crippen LogP contribution < -0.4 is 14.5 Å². The van der Waals surface area contributed by atoms with Gasteiger partial charge in [-0.3, -0.25) is 0 Å². The number of hydrogen-bond acceptors (Lipinski definition) is 5. The molecular weight excluding hydrogens is 544 g/mol. The Labute approximate surface area is 259 Å². The van der Waals surface area contributed by atoms with Crippen molar-refractivity contribution in [2.45, 2.75) is 39.5 Å². The van der Waals surface area contributed by atoms with E-state index >= 15 is 0 Å². The zero-order valence-electron chi connectivity index (χ0n) is 25.4. The third-order valence-electron chi connectivity index (χ3n) is 8.88. The lowest BCUT2D eigenvalue weighted by Crippen LogP contribution is -2.33. The largest absolute Gasteiger partial charge is 0.456 e. The van der Waals surface area contributed by atoms with E-state index in [4.69, 9.17) is 9.47 Å². The van der Waals surface area contributed by atoms with Crippen molar-refractivity contribution in [3.8, 4) is 11.5 Å². The van der Waals surface area contributed by atoms with Gasteiger partial charge in [0.25, 0.3) is 0 Å². The Morgan fingerprint density at radius 2 is 1.36 bits per heavy atom. The standard InChI is InChI=1S/C39H36N2O3/c1-4-40(5-2)35-21-19-27(3)23-29(35)26-41(25-28-13-7-6-8-14-28)30-20-22-37-34(24-30)39(33-17-11-12-18-36(33)43-37)32-16-10-9-15-31(32)38(42)44-39/h6-24H,4-5,25-26H2,1-3H3. The number of benzene rings is 5. The van der Waals surface area contributed by atoms with Gasteiger partial charge in [0, 0.05) is 54.2 Å². The second-order valence-electron chi connectivity index (χ2n) is 11.5. The van der Waals surface area contributed by atoms with Crippen LogP contribution in [0.25, 0.3) is 0 Å². The first-order chi connectivity index (χ1) is 21.5. The summed E-state index contributed by atoms with van der Waals surface area (Å²) in [6.45, 7) is 9.86. The summed E-state index contributed by atoms with van der Waals surface area (Å²) in [6.07, 6.45) is 0. The van der Waals surface area contributed by atoms with Crippen molar-refractivity contribution in [2.24, 2.45) is 0 Å². The fraction of sp³-hybridized carbons (Fsp3) is 0.205. The van der Waals surface area contributed by atoms with Crippen LogP contribution in [0.15, 0.2) is 115 Å². The molecule has 0 saturated carbocycles. The molecule has 7 rings (SSSR count). The molecule has 0 bridgehead atoms. The van der Waals surface area contributed by atoms with E-state index in [-0.39, 0.29) is 5.97 Å². The van der Waals surface area contributed by atoms with E-state index < -0.39 is 5.60 Å². The molecule has 0 radical (unpaired) electrons. The van der Waals surface area contributed by atoms with E-state index in [2.05, 4.69) is 91.2 Å². The summed E-state index contributed by atoms with van der Waals surface area (Å²) in [5.41, 5.74) is 8.01. The molecule has 0 N–H and O–H groups in total. The highest BCUT2D eigenvalue weighted by Gasteiger charge is 2.53. The minimum Gasteiger partial charge on any atom is -0.456 e. The Balaban J connectivity index is 1.39. The van der Waals surface area contributed by atoms with Gasteiger partial charge in [-0.1, -0.05) is 84.4 Å². The molecule has 5 nitrogen and oxygen atoms in total. The lowest BCUT2D eigenvalue weighted by atomic mass is 9.77. The van der Waals surface area contributed by atoms with Crippen LogP contribution in [0.4, 0.5) is 11.4 Å². The van der Waals surface area contributed by atoms with E-state index in [1.54, 1.807) is 0 Å². The molecule has 0 fully saturated rings. The molecule has 0 aromatic heterocycles. The fourth-order valence-electron chi connectivity index (χ4n) is 6.77. The molecule has 1 unspecified atom stereocenters. The van der Waals surface area contributed by atoms with E-state index in [0.717, 1.165) is 35.5 Å². The number of aryl methyl sites for hydroxylation is 1. The summed E-state index contributed by atoms with van der Waals surface area (Å²) in [5.74, 6) is 1.07. The van der Waals surface area contributed by atoms with Crippen LogP contribution in [0, 0.1) is 6.92 Å². The molecule has 5 aromatic rings. The highest BCUT2D eigenvalue weighted by atomic mass is 16.6. The average Bonchev–Trinajstić information content (AvgIpc) is 3.35. The topological polar surface area (TPSA) is 42.0 Å². The minimum absolute atomic E-state index is 0.321. The van der Waals surface area contributed by atoms with Crippen LogP contribution in [0.5, 0.6) is 11.5 Å². The van der Waals surface area contributed by atoms with E-state index in [1.807, 2.05) is 54.6 Å². The molecule has 0 saturated heterocycles. The van der Waals surface area contributed by atoms with Gasteiger partial charge in [-0.2, -0.15) is 0 Å². The Morgan fingerprint density at radius 3 is 2.16 bits per heavy atom. The van der Waals surface area contributed by atoms with Crippen molar-refractivity contribution in [1.29, 1.82) is 0 Å². The number of ether oxygens (including phenoxy) is 2.